The molecule has 1 aromatic rings. The molecule has 3 nitrogen and oxygen atoms in total. The van der Waals surface area contributed by atoms with Gasteiger partial charge in [-0.2, -0.15) is 0 Å². The summed E-state index contributed by atoms with van der Waals surface area (Å²) in [6.07, 6.45) is 2.13. The van der Waals surface area contributed by atoms with E-state index >= 15 is 0 Å². The summed E-state index contributed by atoms with van der Waals surface area (Å²) in [7, 11) is 0. The Morgan fingerprint density at radius 2 is 1.79 bits per heavy atom. The van der Waals surface area contributed by atoms with Gasteiger partial charge in [0, 0.05) is 17.3 Å². The van der Waals surface area contributed by atoms with Crippen LogP contribution >= 0.6 is 0 Å². The van der Waals surface area contributed by atoms with E-state index in [4.69, 9.17) is 5.73 Å². The first-order chi connectivity index (χ1) is 8.81. The zero-order chi connectivity index (χ0) is 14.6. The number of nitrogen functional groups attached to an aromatic ring is 1. The van der Waals surface area contributed by atoms with E-state index in [-0.39, 0.29) is 11.9 Å². The first-order valence-electron chi connectivity index (χ1n) is 6.98. The fourth-order valence-electron chi connectivity index (χ4n) is 2.07. The summed E-state index contributed by atoms with van der Waals surface area (Å²) in [4.78, 5) is 12.2. The molecule has 0 spiro atoms. The van der Waals surface area contributed by atoms with Crippen molar-refractivity contribution in [3.05, 3.63) is 28.8 Å². The summed E-state index contributed by atoms with van der Waals surface area (Å²) in [6.45, 7) is 10.3. The van der Waals surface area contributed by atoms with Gasteiger partial charge in [-0.15, -0.1) is 0 Å². The fraction of sp³-hybridized carbons (Fsp3) is 0.562. The zero-order valence-corrected chi connectivity index (χ0v) is 12.7. The van der Waals surface area contributed by atoms with Crippen molar-refractivity contribution in [1.82, 2.24) is 5.32 Å². The standard InChI is InChI=1S/C16H26N2O/c1-10(2)6-7-13(5)18-16(19)14-9-15(17)12(4)8-11(14)3/h8-10,13H,6-7,17H2,1-5H3,(H,18,19). The number of hydrogen-bond acceptors (Lipinski definition) is 2. The van der Waals surface area contributed by atoms with Crippen LogP contribution in [0.2, 0.25) is 0 Å². The molecule has 3 N–H and O–H groups in total. The maximum atomic E-state index is 12.2. The highest BCUT2D eigenvalue weighted by Gasteiger charge is 2.13. The molecule has 0 aliphatic rings. The Morgan fingerprint density at radius 3 is 2.37 bits per heavy atom. The fourth-order valence-corrected chi connectivity index (χ4v) is 2.07. The first kappa shape index (κ1) is 15.5. The lowest BCUT2D eigenvalue weighted by Crippen LogP contribution is -2.33. The van der Waals surface area contributed by atoms with Crippen molar-refractivity contribution in [2.24, 2.45) is 5.92 Å². The predicted octanol–water partition coefficient (Wildman–Crippen LogP) is 3.44. The van der Waals surface area contributed by atoms with Crippen molar-refractivity contribution in [3.63, 3.8) is 0 Å². The first-order valence-corrected chi connectivity index (χ1v) is 6.98. The van der Waals surface area contributed by atoms with Crippen molar-refractivity contribution < 1.29 is 4.79 Å². The number of benzene rings is 1. The van der Waals surface area contributed by atoms with Gasteiger partial charge in [-0.1, -0.05) is 19.9 Å². The third kappa shape index (κ3) is 4.58. The van der Waals surface area contributed by atoms with Gasteiger partial charge in [0.1, 0.15) is 0 Å². The average molecular weight is 262 g/mol. The van der Waals surface area contributed by atoms with Gasteiger partial charge in [0.15, 0.2) is 0 Å². The molecule has 0 saturated carbocycles. The summed E-state index contributed by atoms with van der Waals surface area (Å²) >= 11 is 0. The molecule has 1 atom stereocenters. The molecule has 0 aliphatic carbocycles. The SMILES string of the molecule is Cc1cc(C)c(C(=O)NC(C)CCC(C)C)cc1N. The molecule has 0 saturated heterocycles. The molecule has 1 amide bonds. The molecule has 0 bridgehead atoms. The molecule has 1 unspecified atom stereocenters. The van der Waals surface area contributed by atoms with E-state index in [1.807, 2.05) is 26.8 Å². The lowest BCUT2D eigenvalue weighted by Gasteiger charge is -2.16. The van der Waals surface area contributed by atoms with Crippen molar-refractivity contribution in [2.45, 2.75) is 53.5 Å². The minimum atomic E-state index is -0.0274. The van der Waals surface area contributed by atoms with Crippen LogP contribution in [0.1, 0.15) is 55.1 Å². The molecule has 1 aromatic carbocycles. The van der Waals surface area contributed by atoms with Gasteiger partial charge < -0.3 is 11.1 Å². The Hall–Kier alpha value is -1.51. The van der Waals surface area contributed by atoms with Crippen molar-refractivity contribution in [2.75, 3.05) is 5.73 Å². The Balaban J connectivity index is 2.70. The van der Waals surface area contributed by atoms with Gasteiger partial charge in [-0.3, -0.25) is 4.79 Å². The molecule has 0 aromatic heterocycles. The maximum Gasteiger partial charge on any atom is 0.251 e. The number of rotatable bonds is 5. The van der Waals surface area contributed by atoms with E-state index < -0.39 is 0 Å². The molecular weight excluding hydrogens is 236 g/mol. The number of nitrogens with two attached hydrogens (primary N) is 1. The zero-order valence-electron chi connectivity index (χ0n) is 12.7. The van der Waals surface area contributed by atoms with Gasteiger partial charge in [0.2, 0.25) is 0 Å². The molecule has 0 heterocycles. The number of anilines is 1. The summed E-state index contributed by atoms with van der Waals surface area (Å²) in [5.74, 6) is 0.636. The van der Waals surface area contributed by atoms with Crippen LogP contribution in [-0.4, -0.2) is 11.9 Å². The maximum absolute atomic E-state index is 12.2. The summed E-state index contributed by atoms with van der Waals surface area (Å²) in [6, 6.07) is 3.93. The molecule has 0 aliphatic heterocycles. The monoisotopic (exact) mass is 262 g/mol. The van der Waals surface area contributed by atoms with Gasteiger partial charge >= 0.3 is 0 Å². The van der Waals surface area contributed by atoms with E-state index in [0.29, 0.717) is 17.2 Å². The molecule has 0 fully saturated rings. The van der Waals surface area contributed by atoms with Crippen LogP contribution in [-0.2, 0) is 0 Å². The van der Waals surface area contributed by atoms with Crippen LogP contribution in [0.3, 0.4) is 0 Å². The highest BCUT2D eigenvalue weighted by Crippen LogP contribution is 2.18. The normalized spacial score (nSPS) is 12.5. The number of hydrogen-bond donors (Lipinski definition) is 2. The summed E-state index contributed by atoms with van der Waals surface area (Å²) in [5.41, 5.74) is 9.22. The number of carbonyl (C=O) groups is 1. The number of carbonyl (C=O) groups excluding carboxylic acids is 1. The van der Waals surface area contributed by atoms with Gasteiger partial charge in [-0.05, 0) is 56.7 Å². The molecule has 106 valence electrons. The molecule has 19 heavy (non-hydrogen) atoms. The lowest BCUT2D eigenvalue weighted by molar-refractivity contribution is 0.0936. The van der Waals surface area contributed by atoms with E-state index in [0.717, 1.165) is 24.0 Å². The van der Waals surface area contributed by atoms with E-state index in [1.54, 1.807) is 6.07 Å². The van der Waals surface area contributed by atoms with Gasteiger partial charge in [0.25, 0.3) is 5.91 Å². The van der Waals surface area contributed by atoms with Crippen LogP contribution in [0, 0.1) is 19.8 Å². The Bertz CT molecular complexity index is 452. The summed E-state index contributed by atoms with van der Waals surface area (Å²) in [5, 5.41) is 3.04. The molecule has 1 rings (SSSR count). The minimum absolute atomic E-state index is 0.0274. The quantitative estimate of drug-likeness (QED) is 0.799. The number of amides is 1. The highest BCUT2D eigenvalue weighted by molar-refractivity contribution is 5.96. The predicted molar refractivity (Wildman–Crippen MR) is 81.3 cm³/mol. The van der Waals surface area contributed by atoms with Gasteiger partial charge in [-0.25, -0.2) is 0 Å². The third-order valence-electron chi connectivity index (χ3n) is 3.41. The van der Waals surface area contributed by atoms with Crippen molar-refractivity contribution in [1.29, 1.82) is 0 Å². The number of aryl methyl sites for hydroxylation is 2. The van der Waals surface area contributed by atoms with Crippen LogP contribution < -0.4 is 11.1 Å². The van der Waals surface area contributed by atoms with E-state index in [9.17, 15) is 4.79 Å². The van der Waals surface area contributed by atoms with E-state index in [2.05, 4.69) is 19.2 Å². The van der Waals surface area contributed by atoms with E-state index in [1.165, 1.54) is 0 Å². The van der Waals surface area contributed by atoms with Gasteiger partial charge in [0.05, 0.1) is 0 Å². The van der Waals surface area contributed by atoms with Crippen LogP contribution in [0.15, 0.2) is 12.1 Å². The Labute approximate surface area is 116 Å². The largest absolute Gasteiger partial charge is 0.398 e. The summed E-state index contributed by atoms with van der Waals surface area (Å²) < 4.78 is 0. The average Bonchev–Trinajstić information content (AvgIpc) is 2.31. The second kappa shape index (κ2) is 6.60. The van der Waals surface area contributed by atoms with Crippen LogP contribution in [0.5, 0.6) is 0 Å². The molecular formula is C16H26N2O. The van der Waals surface area contributed by atoms with Crippen LogP contribution in [0.4, 0.5) is 5.69 Å². The minimum Gasteiger partial charge on any atom is -0.398 e. The molecule has 3 heteroatoms. The highest BCUT2D eigenvalue weighted by atomic mass is 16.1. The molecule has 0 radical (unpaired) electrons. The van der Waals surface area contributed by atoms with Crippen molar-refractivity contribution >= 4 is 11.6 Å². The van der Waals surface area contributed by atoms with Crippen LogP contribution in [0.25, 0.3) is 0 Å². The second-order valence-electron chi connectivity index (χ2n) is 5.87. The van der Waals surface area contributed by atoms with Crippen molar-refractivity contribution in [3.8, 4) is 0 Å². The topological polar surface area (TPSA) is 55.1 Å². The lowest BCUT2D eigenvalue weighted by atomic mass is 10.0. The Kier molecular flexibility index (Phi) is 5.40. The third-order valence-corrected chi connectivity index (χ3v) is 3.41. The Morgan fingerprint density at radius 1 is 1.16 bits per heavy atom. The number of nitrogens with one attached hydrogen (secondary N) is 1. The second-order valence-corrected chi connectivity index (χ2v) is 5.87. The smallest absolute Gasteiger partial charge is 0.251 e.